The molecule has 0 aromatic carbocycles. The second kappa shape index (κ2) is 6.90. The number of ether oxygens (including phenoxy) is 1. The van der Waals surface area contributed by atoms with Crippen LogP contribution in [0.5, 0.6) is 0 Å². The van der Waals surface area contributed by atoms with Crippen molar-refractivity contribution in [2.45, 2.75) is 12.8 Å². The topological polar surface area (TPSA) is 83.8 Å². The highest BCUT2D eigenvalue weighted by Gasteiger charge is 1.89. The van der Waals surface area contributed by atoms with E-state index in [2.05, 4.69) is 4.74 Å². The minimum atomic E-state index is -0.950. The first kappa shape index (κ1) is 11.2. The molecule has 2 N–H and O–H groups in total. The Bertz CT molecular complexity index is 205. The van der Waals surface area contributed by atoms with E-state index < -0.39 is 11.9 Å². The Hall–Kier alpha value is -1.78. The van der Waals surface area contributed by atoms with Gasteiger partial charge in [0, 0.05) is 0 Å². The highest BCUT2D eigenvalue weighted by Crippen LogP contribution is 1.87. The molecule has 0 rings (SSSR count). The van der Waals surface area contributed by atoms with Crippen LogP contribution in [0.1, 0.15) is 12.8 Å². The zero-order chi connectivity index (χ0) is 10.1. The number of carbonyl (C=O) groups is 2. The van der Waals surface area contributed by atoms with Crippen molar-refractivity contribution in [2.75, 3.05) is 0 Å². The van der Waals surface area contributed by atoms with Crippen molar-refractivity contribution < 1.29 is 24.5 Å². The average molecular weight is 186 g/mol. The summed E-state index contributed by atoms with van der Waals surface area (Å²) in [4.78, 5) is 19.9. The van der Waals surface area contributed by atoms with E-state index in [9.17, 15) is 9.59 Å². The van der Waals surface area contributed by atoms with Gasteiger partial charge < -0.3 is 14.9 Å². The zero-order valence-corrected chi connectivity index (χ0v) is 6.84. The Morgan fingerprint density at radius 3 is 1.69 bits per heavy atom. The van der Waals surface area contributed by atoms with Gasteiger partial charge in [0.1, 0.15) is 0 Å². The van der Waals surface area contributed by atoms with E-state index in [-0.39, 0.29) is 12.8 Å². The Morgan fingerprint density at radius 1 is 1.00 bits per heavy atom. The van der Waals surface area contributed by atoms with E-state index in [0.29, 0.717) is 0 Å². The summed E-state index contributed by atoms with van der Waals surface area (Å²) >= 11 is 0. The number of hydrogen-bond donors (Lipinski definition) is 2. The third-order valence-corrected chi connectivity index (χ3v) is 0.935. The predicted octanol–water partition coefficient (Wildman–Crippen LogP) is 0.980. The van der Waals surface area contributed by atoms with Gasteiger partial charge in [0.05, 0.1) is 25.4 Å². The fraction of sp³-hybridized carbons (Fsp3) is 0.250. The van der Waals surface area contributed by atoms with E-state index in [0.717, 1.165) is 0 Å². The van der Waals surface area contributed by atoms with E-state index in [1.165, 1.54) is 24.7 Å². The summed E-state index contributed by atoms with van der Waals surface area (Å²) in [5.74, 6) is -1.90. The van der Waals surface area contributed by atoms with Crippen LogP contribution in [0.4, 0.5) is 0 Å². The average Bonchev–Trinajstić information content (AvgIpc) is 2.01. The largest absolute Gasteiger partial charge is 0.481 e. The number of hydrogen-bond acceptors (Lipinski definition) is 3. The Kier molecular flexibility index (Phi) is 5.96. The lowest BCUT2D eigenvalue weighted by Gasteiger charge is -1.88. The van der Waals surface area contributed by atoms with Gasteiger partial charge in [-0.1, -0.05) is 0 Å². The maximum atomic E-state index is 9.97. The molecule has 0 atom stereocenters. The van der Waals surface area contributed by atoms with Gasteiger partial charge in [-0.3, -0.25) is 9.59 Å². The summed E-state index contributed by atoms with van der Waals surface area (Å²) in [6.07, 6.45) is 4.76. The molecule has 0 unspecified atom stereocenters. The Balaban J connectivity index is 3.43. The van der Waals surface area contributed by atoms with Crippen molar-refractivity contribution in [3.8, 4) is 0 Å². The molecule has 0 fully saturated rings. The molecule has 0 aromatic rings. The molecule has 0 aliphatic heterocycles. The summed E-state index contributed by atoms with van der Waals surface area (Å²) in [7, 11) is 0. The fourth-order valence-corrected chi connectivity index (χ4v) is 0.454. The van der Waals surface area contributed by atoms with E-state index in [4.69, 9.17) is 10.2 Å². The maximum Gasteiger partial charge on any atom is 0.307 e. The molecule has 0 spiro atoms. The van der Waals surface area contributed by atoms with Gasteiger partial charge in [0.15, 0.2) is 0 Å². The first-order chi connectivity index (χ1) is 6.13. The van der Waals surface area contributed by atoms with Crippen molar-refractivity contribution in [2.24, 2.45) is 0 Å². The van der Waals surface area contributed by atoms with Crippen molar-refractivity contribution in [3.63, 3.8) is 0 Å². The first-order valence-electron chi connectivity index (χ1n) is 3.52. The first-order valence-corrected chi connectivity index (χ1v) is 3.52. The van der Waals surface area contributed by atoms with Gasteiger partial charge in [-0.15, -0.1) is 0 Å². The highest BCUT2D eigenvalue weighted by atomic mass is 16.5. The van der Waals surface area contributed by atoms with Crippen LogP contribution in [0.3, 0.4) is 0 Å². The molecule has 0 bridgehead atoms. The third-order valence-electron chi connectivity index (χ3n) is 0.935. The van der Waals surface area contributed by atoms with Crippen LogP contribution >= 0.6 is 0 Å². The fourth-order valence-electron chi connectivity index (χ4n) is 0.454. The van der Waals surface area contributed by atoms with Crippen LogP contribution in [0, 0.1) is 0 Å². The molecule has 5 nitrogen and oxygen atoms in total. The predicted molar refractivity (Wildman–Crippen MR) is 43.9 cm³/mol. The summed E-state index contributed by atoms with van der Waals surface area (Å²) < 4.78 is 4.65. The molecule has 0 saturated heterocycles. The van der Waals surface area contributed by atoms with E-state index >= 15 is 0 Å². The zero-order valence-electron chi connectivity index (χ0n) is 6.84. The molecule has 0 aliphatic rings. The molecule has 0 amide bonds. The summed E-state index contributed by atoms with van der Waals surface area (Å²) in [6, 6.07) is 0. The highest BCUT2D eigenvalue weighted by molar-refractivity contribution is 5.68. The molecule has 0 aliphatic carbocycles. The van der Waals surface area contributed by atoms with Gasteiger partial charge in [0.2, 0.25) is 0 Å². The molecule has 5 heteroatoms. The number of carboxylic acid groups (broad SMARTS) is 2. The lowest BCUT2D eigenvalue weighted by molar-refractivity contribution is -0.137. The van der Waals surface area contributed by atoms with Crippen LogP contribution in [-0.2, 0) is 14.3 Å². The van der Waals surface area contributed by atoms with Gasteiger partial charge in [0.25, 0.3) is 0 Å². The lowest BCUT2D eigenvalue weighted by Crippen LogP contribution is -1.90. The Morgan fingerprint density at radius 2 is 1.38 bits per heavy atom. The molecule has 72 valence electrons. The van der Waals surface area contributed by atoms with Crippen LogP contribution in [-0.4, -0.2) is 22.2 Å². The van der Waals surface area contributed by atoms with Gasteiger partial charge >= 0.3 is 11.9 Å². The van der Waals surface area contributed by atoms with Crippen LogP contribution in [0.2, 0.25) is 0 Å². The van der Waals surface area contributed by atoms with Gasteiger partial charge in [-0.2, -0.15) is 0 Å². The van der Waals surface area contributed by atoms with E-state index in [1.807, 2.05) is 0 Å². The monoisotopic (exact) mass is 186 g/mol. The maximum absolute atomic E-state index is 9.97. The van der Waals surface area contributed by atoms with Crippen molar-refractivity contribution >= 4 is 11.9 Å². The molecular formula is C8H10O5. The minimum absolute atomic E-state index is 0.118. The van der Waals surface area contributed by atoms with Crippen molar-refractivity contribution in [1.82, 2.24) is 0 Å². The second-order valence-corrected chi connectivity index (χ2v) is 2.08. The number of rotatable bonds is 6. The van der Waals surface area contributed by atoms with Crippen molar-refractivity contribution in [1.29, 1.82) is 0 Å². The van der Waals surface area contributed by atoms with Gasteiger partial charge in [-0.05, 0) is 12.2 Å². The summed E-state index contributed by atoms with van der Waals surface area (Å²) in [5.41, 5.74) is 0. The second-order valence-electron chi connectivity index (χ2n) is 2.08. The molecule has 0 saturated carbocycles. The molecule has 13 heavy (non-hydrogen) atoms. The molecule has 0 radical (unpaired) electrons. The quantitative estimate of drug-likeness (QED) is 0.604. The summed E-state index contributed by atoms with van der Waals surface area (Å²) in [6.45, 7) is 0. The molecular weight excluding hydrogens is 176 g/mol. The number of aliphatic carboxylic acids is 2. The van der Waals surface area contributed by atoms with Crippen LogP contribution in [0.15, 0.2) is 24.7 Å². The van der Waals surface area contributed by atoms with Gasteiger partial charge in [-0.25, -0.2) is 0 Å². The number of carboxylic acids is 2. The van der Waals surface area contributed by atoms with E-state index in [1.54, 1.807) is 0 Å². The SMILES string of the molecule is O=C(O)CC=COC=CCC(=O)O. The molecule has 0 aromatic heterocycles. The summed E-state index contributed by atoms with van der Waals surface area (Å²) in [5, 5.41) is 16.4. The standard InChI is InChI=1S/C8H10O5/c9-7(10)3-1-5-13-6-2-4-8(11)12/h1-2,5-6H,3-4H2,(H,9,10)(H,11,12). The third kappa shape index (κ3) is 10.2. The Labute approximate surface area is 74.9 Å². The molecule has 0 heterocycles. The lowest BCUT2D eigenvalue weighted by atomic mass is 10.4. The van der Waals surface area contributed by atoms with Crippen LogP contribution < -0.4 is 0 Å². The van der Waals surface area contributed by atoms with Crippen LogP contribution in [0.25, 0.3) is 0 Å². The normalized spacial score (nSPS) is 10.8. The van der Waals surface area contributed by atoms with Crippen molar-refractivity contribution in [3.05, 3.63) is 24.7 Å². The smallest absolute Gasteiger partial charge is 0.307 e. The minimum Gasteiger partial charge on any atom is -0.481 e.